The van der Waals surface area contributed by atoms with Gasteiger partial charge in [0.2, 0.25) is 5.91 Å². The van der Waals surface area contributed by atoms with Gasteiger partial charge in [-0.15, -0.1) is 0 Å². The van der Waals surface area contributed by atoms with Crippen molar-refractivity contribution in [3.8, 4) is 11.5 Å². The maximum Gasteiger partial charge on any atom is 0.408 e. The summed E-state index contributed by atoms with van der Waals surface area (Å²) in [7, 11) is 0. The number of ether oxygens (including phenoxy) is 1. The molecule has 0 bridgehead atoms. The third-order valence-corrected chi connectivity index (χ3v) is 7.25. The monoisotopic (exact) mass is 611 g/mol. The Morgan fingerprint density at radius 3 is 2.24 bits per heavy atom. The molecule has 4 N–H and O–H groups in total. The number of para-hydroxylation sites is 1. The summed E-state index contributed by atoms with van der Waals surface area (Å²) in [5.74, 6) is -1.08. The van der Waals surface area contributed by atoms with Crippen LogP contribution in [0, 0.1) is 6.92 Å². The minimum atomic E-state index is -1.23. The number of hydrogen-bond donors (Lipinski definition) is 4. The lowest BCUT2D eigenvalue weighted by atomic mass is 9.97. The number of rotatable bonds is 10. The van der Waals surface area contributed by atoms with Gasteiger partial charge in [0.05, 0.1) is 0 Å². The maximum absolute atomic E-state index is 14.5. The number of carbonyl (C=O) groups excluding carboxylic acids is 3. The van der Waals surface area contributed by atoms with Crippen LogP contribution in [0.4, 0.5) is 10.5 Å². The summed E-state index contributed by atoms with van der Waals surface area (Å²) >= 11 is 0. The smallest absolute Gasteiger partial charge is 0.408 e. The lowest BCUT2D eigenvalue weighted by Gasteiger charge is -2.35. The average Bonchev–Trinajstić information content (AvgIpc) is 2.98. The number of fused-ring (bicyclic) bond motifs is 1. The molecule has 0 saturated carbocycles. The minimum Gasteiger partial charge on any atom is -0.508 e. The summed E-state index contributed by atoms with van der Waals surface area (Å²) in [6.07, 6.45) is -0.222. The Balaban J connectivity index is 1.76. The molecular formula is C36H41N3O6. The molecule has 4 aromatic carbocycles. The van der Waals surface area contributed by atoms with Gasteiger partial charge in [-0.25, -0.2) is 4.79 Å². The van der Waals surface area contributed by atoms with E-state index in [-0.39, 0.29) is 30.0 Å². The molecular weight excluding hydrogens is 570 g/mol. The minimum absolute atomic E-state index is 0.0645. The van der Waals surface area contributed by atoms with Crippen LogP contribution in [-0.2, 0) is 20.7 Å². The average molecular weight is 612 g/mol. The lowest BCUT2D eigenvalue weighted by Crippen LogP contribution is -2.53. The summed E-state index contributed by atoms with van der Waals surface area (Å²) in [6, 6.07) is 22.3. The van der Waals surface area contributed by atoms with Gasteiger partial charge in [0.15, 0.2) is 0 Å². The van der Waals surface area contributed by atoms with Crippen LogP contribution >= 0.6 is 0 Å². The van der Waals surface area contributed by atoms with E-state index in [2.05, 4.69) is 10.6 Å². The largest absolute Gasteiger partial charge is 0.508 e. The van der Waals surface area contributed by atoms with E-state index in [1.165, 1.54) is 17.0 Å². The fourth-order valence-corrected chi connectivity index (χ4v) is 5.16. The zero-order valence-electron chi connectivity index (χ0n) is 26.3. The van der Waals surface area contributed by atoms with Crippen molar-refractivity contribution in [3.63, 3.8) is 0 Å². The zero-order valence-corrected chi connectivity index (χ0v) is 26.3. The molecule has 236 valence electrons. The van der Waals surface area contributed by atoms with Gasteiger partial charge in [0.25, 0.3) is 5.91 Å². The molecule has 0 aliphatic carbocycles. The quantitative estimate of drug-likeness (QED) is 0.160. The second-order valence-electron chi connectivity index (χ2n) is 12.1. The highest BCUT2D eigenvalue weighted by Gasteiger charge is 2.37. The number of amides is 3. The molecule has 45 heavy (non-hydrogen) atoms. The summed E-state index contributed by atoms with van der Waals surface area (Å²) in [5, 5.41) is 28.6. The Morgan fingerprint density at radius 2 is 1.58 bits per heavy atom. The van der Waals surface area contributed by atoms with E-state index in [1.807, 2.05) is 43.3 Å². The molecule has 9 heteroatoms. The van der Waals surface area contributed by atoms with Crippen LogP contribution in [0.5, 0.6) is 11.5 Å². The van der Waals surface area contributed by atoms with E-state index < -0.39 is 35.6 Å². The summed E-state index contributed by atoms with van der Waals surface area (Å²) in [4.78, 5) is 43.1. The number of benzene rings is 4. The summed E-state index contributed by atoms with van der Waals surface area (Å²) in [6.45, 7) is 8.93. The number of nitrogens with zero attached hydrogens (tertiary/aromatic N) is 1. The van der Waals surface area contributed by atoms with E-state index in [0.717, 1.165) is 10.8 Å². The molecule has 3 amide bonds. The number of anilines is 1. The van der Waals surface area contributed by atoms with E-state index in [9.17, 15) is 24.6 Å². The number of aryl methyl sites for hydroxylation is 1. The van der Waals surface area contributed by atoms with Gasteiger partial charge in [-0.3, -0.25) is 9.59 Å². The van der Waals surface area contributed by atoms with Crippen LogP contribution in [0.15, 0.2) is 84.9 Å². The highest BCUT2D eigenvalue weighted by molar-refractivity contribution is 6.00. The van der Waals surface area contributed by atoms with E-state index in [0.29, 0.717) is 23.2 Å². The van der Waals surface area contributed by atoms with Gasteiger partial charge < -0.3 is 30.5 Å². The molecule has 2 atom stereocenters. The first-order valence-corrected chi connectivity index (χ1v) is 15.0. The molecule has 4 aromatic rings. The summed E-state index contributed by atoms with van der Waals surface area (Å²) < 4.78 is 5.48. The first kappa shape index (κ1) is 32.9. The number of phenols is 2. The van der Waals surface area contributed by atoms with Gasteiger partial charge >= 0.3 is 6.09 Å². The fourth-order valence-electron chi connectivity index (χ4n) is 5.16. The standard InChI is InChI=1S/C36H41N3O6/c1-6-20-39(34(43)30(38-35(44)45-36(3,4)5)21-24-14-18-28(40)19-15-24)31(29-13-9-10-23(2)32(29)41)33(42)37-27-17-16-25-11-7-8-12-26(25)22-27/h7-19,22,30-31,40-41H,6,20-21H2,1-5H3,(H,37,42)(H,38,44). The van der Waals surface area contributed by atoms with Gasteiger partial charge in [0.1, 0.15) is 29.2 Å². The van der Waals surface area contributed by atoms with Gasteiger partial charge in [-0.2, -0.15) is 0 Å². The fraction of sp³-hybridized carbons (Fsp3) is 0.306. The Bertz CT molecular complexity index is 1660. The molecule has 2 unspecified atom stereocenters. The van der Waals surface area contributed by atoms with Crippen LogP contribution in [0.25, 0.3) is 10.8 Å². The topological polar surface area (TPSA) is 128 Å². The van der Waals surface area contributed by atoms with Crippen LogP contribution in [0.3, 0.4) is 0 Å². The van der Waals surface area contributed by atoms with Crippen molar-refractivity contribution in [2.75, 3.05) is 11.9 Å². The highest BCUT2D eigenvalue weighted by atomic mass is 16.6. The predicted octanol–water partition coefficient (Wildman–Crippen LogP) is 6.61. The SMILES string of the molecule is CCCN(C(=O)C(Cc1ccc(O)cc1)NC(=O)OC(C)(C)C)C(C(=O)Nc1ccc2ccccc2c1)c1cccc(C)c1O. The molecule has 0 spiro atoms. The van der Waals surface area contributed by atoms with Crippen molar-refractivity contribution in [1.82, 2.24) is 10.2 Å². The van der Waals surface area contributed by atoms with Crippen molar-refractivity contribution < 1.29 is 29.3 Å². The predicted molar refractivity (Wildman–Crippen MR) is 175 cm³/mol. The molecule has 0 radical (unpaired) electrons. The van der Waals surface area contributed by atoms with Gasteiger partial charge in [-0.1, -0.05) is 67.6 Å². The maximum atomic E-state index is 14.5. The normalized spacial score (nSPS) is 12.6. The second-order valence-corrected chi connectivity index (χ2v) is 12.1. The lowest BCUT2D eigenvalue weighted by molar-refractivity contribution is -0.140. The van der Waals surface area contributed by atoms with Crippen molar-refractivity contribution in [2.45, 2.75) is 65.1 Å². The van der Waals surface area contributed by atoms with Crippen LogP contribution in [0.2, 0.25) is 0 Å². The number of carbonyl (C=O) groups is 3. The Labute approximate surface area is 263 Å². The molecule has 0 saturated heterocycles. The van der Waals surface area contributed by atoms with Gasteiger partial charge in [-0.05, 0) is 80.3 Å². The first-order valence-electron chi connectivity index (χ1n) is 15.0. The Morgan fingerprint density at radius 1 is 0.889 bits per heavy atom. The molecule has 0 aliphatic rings. The number of alkyl carbamates (subject to hydrolysis) is 1. The summed E-state index contributed by atoms with van der Waals surface area (Å²) in [5.41, 5.74) is 1.21. The molecule has 4 rings (SSSR count). The van der Waals surface area contributed by atoms with Crippen molar-refractivity contribution in [1.29, 1.82) is 0 Å². The highest BCUT2D eigenvalue weighted by Crippen LogP contribution is 2.34. The first-order chi connectivity index (χ1) is 21.4. The van der Waals surface area contributed by atoms with Crippen LogP contribution < -0.4 is 10.6 Å². The third-order valence-electron chi connectivity index (χ3n) is 7.25. The Kier molecular flexibility index (Phi) is 10.3. The Hall–Kier alpha value is -5.05. The van der Waals surface area contributed by atoms with Crippen LogP contribution in [0.1, 0.15) is 56.8 Å². The molecule has 9 nitrogen and oxygen atoms in total. The number of nitrogens with one attached hydrogen (secondary N) is 2. The second kappa shape index (κ2) is 14.2. The van der Waals surface area contributed by atoms with E-state index in [1.54, 1.807) is 64.1 Å². The molecule has 0 aliphatic heterocycles. The van der Waals surface area contributed by atoms with Crippen molar-refractivity contribution in [2.24, 2.45) is 0 Å². The van der Waals surface area contributed by atoms with Crippen molar-refractivity contribution in [3.05, 3.63) is 102 Å². The molecule has 0 heterocycles. The third kappa shape index (κ3) is 8.53. The number of phenolic OH excluding ortho intramolecular Hbond substituents is 2. The number of aromatic hydroxyl groups is 2. The molecule has 0 fully saturated rings. The van der Waals surface area contributed by atoms with Gasteiger partial charge in [0, 0.05) is 24.2 Å². The van der Waals surface area contributed by atoms with E-state index >= 15 is 0 Å². The van der Waals surface area contributed by atoms with Crippen molar-refractivity contribution >= 4 is 34.4 Å². The molecule has 0 aromatic heterocycles. The number of hydrogen-bond acceptors (Lipinski definition) is 6. The van der Waals surface area contributed by atoms with E-state index in [4.69, 9.17) is 4.74 Å². The van der Waals surface area contributed by atoms with Crippen LogP contribution in [-0.4, -0.2) is 51.2 Å². The zero-order chi connectivity index (χ0) is 32.7.